The lowest BCUT2D eigenvalue weighted by molar-refractivity contribution is 0.313. The molecule has 0 bridgehead atoms. The number of nitrogens with one attached hydrogen (secondary N) is 1. The summed E-state index contributed by atoms with van der Waals surface area (Å²) in [6.45, 7) is 6.14. The predicted molar refractivity (Wildman–Crippen MR) is 90.9 cm³/mol. The van der Waals surface area contributed by atoms with E-state index in [1.54, 1.807) is 6.20 Å². The quantitative estimate of drug-likeness (QED) is 0.853. The maximum Gasteiger partial charge on any atom is 0.283 e. The Morgan fingerprint density at radius 2 is 2.05 bits per heavy atom. The SMILES string of the molecule is CCC(Nc1cnn(C(C)C)c(=O)c1Br)C1CCCCC1. The highest BCUT2D eigenvalue weighted by molar-refractivity contribution is 9.10. The van der Waals surface area contributed by atoms with Gasteiger partial charge in [0.1, 0.15) is 4.47 Å². The standard InChI is InChI=1S/C16H26BrN3O/c1-4-13(12-8-6-5-7-9-12)19-14-10-18-20(11(2)3)16(21)15(14)17/h10-13,19H,4-9H2,1-3H3. The minimum Gasteiger partial charge on any atom is -0.380 e. The lowest BCUT2D eigenvalue weighted by Crippen LogP contribution is -2.32. The van der Waals surface area contributed by atoms with Crippen molar-refractivity contribution in [2.45, 2.75) is 71.4 Å². The van der Waals surface area contributed by atoms with Gasteiger partial charge in [0.15, 0.2) is 0 Å². The van der Waals surface area contributed by atoms with Crippen LogP contribution in [0.3, 0.4) is 0 Å². The van der Waals surface area contributed by atoms with Crippen molar-refractivity contribution in [1.82, 2.24) is 9.78 Å². The Morgan fingerprint density at radius 3 is 2.62 bits per heavy atom. The molecule has 21 heavy (non-hydrogen) atoms. The van der Waals surface area contributed by atoms with Gasteiger partial charge in [-0.15, -0.1) is 0 Å². The summed E-state index contributed by atoms with van der Waals surface area (Å²) in [6, 6.07) is 0.501. The van der Waals surface area contributed by atoms with Crippen LogP contribution in [0.5, 0.6) is 0 Å². The summed E-state index contributed by atoms with van der Waals surface area (Å²) in [6.07, 6.45) is 9.46. The number of hydrogen-bond donors (Lipinski definition) is 1. The number of anilines is 1. The summed E-state index contributed by atoms with van der Waals surface area (Å²) in [4.78, 5) is 12.3. The molecule has 0 aromatic carbocycles. The second-order valence-corrected chi connectivity index (χ2v) is 7.07. The lowest BCUT2D eigenvalue weighted by Gasteiger charge is -2.31. The maximum absolute atomic E-state index is 12.3. The molecular weight excluding hydrogens is 330 g/mol. The molecule has 0 spiro atoms. The summed E-state index contributed by atoms with van der Waals surface area (Å²) in [5.41, 5.74) is 0.767. The van der Waals surface area contributed by atoms with Gasteiger partial charge in [0.2, 0.25) is 0 Å². The molecule has 1 N–H and O–H groups in total. The third-order valence-electron chi connectivity index (χ3n) is 4.43. The summed E-state index contributed by atoms with van der Waals surface area (Å²) in [5, 5.41) is 7.83. The first-order valence-corrected chi connectivity index (χ1v) is 8.87. The van der Waals surface area contributed by atoms with E-state index in [1.165, 1.54) is 36.8 Å². The molecule has 1 atom stereocenters. The summed E-state index contributed by atoms with van der Waals surface area (Å²) in [5.74, 6) is 0.711. The van der Waals surface area contributed by atoms with Crippen LogP contribution in [0.4, 0.5) is 5.69 Å². The molecule has 1 aromatic heterocycles. The summed E-state index contributed by atoms with van der Waals surface area (Å²) in [7, 11) is 0. The van der Waals surface area contributed by atoms with E-state index in [-0.39, 0.29) is 11.6 Å². The van der Waals surface area contributed by atoms with Gasteiger partial charge in [-0.1, -0.05) is 26.2 Å². The number of nitrogens with zero attached hydrogens (tertiary/aromatic N) is 2. The van der Waals surface area contributed by atoms with Gasteiger partial charge in [-0.3, -0.25) is 4.79 Å². The Bertz CT molecular complexity index is 521. The number of hydrogen-bond acceptors (Lipinski definition) is 3. The Kier molecular flexibility index (Phi) is 5.85. The van der Waals surface area contributed by atoms with E-state index in [2.05, 4.69) is 33.3 Å². The van der Waals surface area contributed by atoms with Crippen LogP contribution >= 0.6 is 15.9 Å². The van der Waals surface area contributed by atoms with Crippen LogP contribution < -0.4 is 10.9 Å². The van der Waals surface area contributed by atoms with E-state index >= 15 is 0 Å². The molecule has 0 aliphatic heterocycles. The summed E-state index contributed by atoms with van der Waals surface area (Å²) < 4.78 is 2.11. The molecule has 1 unspecified atom stereocenters. The highest BCUT2D eigenvalue weighted by Crippen LogP contribution is 2.30. The fourth-order valence-corrected chi connectivity index (χ4v) is 3.60. The predicted octanol–water partition coefficient (Wildman–Crippen LogP) is 4.36. The van der Waals surface area contributed by atoms with Crippen molar-refractivity contribution < 1.29 is 0 Å². The number of halogens is 1. The molecule has 2 rings (SSSR count). The molecule has 1 aliphatic carbocycles. The molecule has 1 heterocycles. The zero-order chi connectivity index (χ0) is 15.4. The molecule has 5 heteroatoms. The van der Waals surface area contributed by atoms with E-state index in [9.17, 15) is 4.79 Å². The highest BCUT2D eigenvalue weighted by Gasteiger charge is 2.23. The third-order valence-corrected chi connectivity index (χ3v) is 5.20. The molecule has 4 nitrogen and oxygen atoms in total. The average Bonchev–Trinajstić information content (AvgIpc) is 2.49. The Balaban J connectivity index is 2.17. The van der Waals surface area contributed by atoms with Gasteiger partial charge in [-0.05, 0) is 55.0 Å². The van der Waals surface area contributed by atoms with Crippen LogP contribution in [-0.2, 0) is 0 Å². The van der Waals surface area contributed by atoms with Crippen LogP contribution in [0.1, 0.15) is 65.3 Å². The van der Waals surface area contributed by atoms with E-state index in [1.807, 2.05) is 13.8 Å². The number of aromatic nitrogens is 2. The van der Waals surface area contributed by atoms with Gasteiger partial charge in [0.25, 0.3) is 5.56 Å². The van der Waals surface area contributed by atoms with E-state index in [0.717, 1.165) is 12.1 Å². The van der Waals surface area contributed by atoms with Crippen molar-refractivity contribution >= 4 is 21.6 Å². The van der Waals surface area contributed by atoms with Crippen LogP contribution in [-0.4, -0.2) is 15.8 Å². The first-order valence-electron chi connectivity index (χ1n) is 8.08. The number of rotatable bonds is 5. The molecule has 1 aromatic rings. The van der Waals surface area contributed by atoms with Crippen LogP contribution in [0.15, 0.2) is 15.5 Å². The van der Waals surface area contributed by atoms with E-state index < -0.39 is 0 Å². The molecule has 1 aliphatic rings. The second kappa shape index (κ2) is 7.43. The van der Waals surface area contributed by atoms with Crippen molar-refractivity contribution in [2.75, 3.05) is 5.32 Å². The van der Waals surface area contributed by atoms with Gasteiger partial charge in [0.05, 0.1) is 17.9 Å². The molecule has 0 amide bonds. The highest BCUT2D eigenvalue weighted by atomic mass is 79.9. The first-order chi connectivity index (χ1) is 10.0. The van der Waals surface area contributed by atoms with Crippen LogP contribution in [0, 0.1) is 5.92 Å². The van der Waals surface area contributed by atoms with E-state index in [0.29, 0.717) is 16.4 Å². The Labute approximate surface area is 135 Å². The molecule has 0 radical (unpaired) electrons. The van der Waals surface area contributed by atoms with Gasteiger partial charge in [0, 0.05) is 6.04 Å². The van der Waals surface area contributed by atoms with E-state index in [4.69, 9.17) is 0 Å². The van der Waals surface area contributed by atoms with Crippen molar-refractivity contribution in [1.29, 1.82) is 0 Å². The Morgan fingerprint density at radius 1 is 1.38 bits per heavy atom. The molecule has 0 saturated heterocycles. The van der Waals surface area contributed by atoms with Gasteiger partial charge < -0.3 is 5.32 Å². The van der Waals surface area contributed by atoms with Gasteiger partial charge >= 0.3 is 0 Å². The normalized spacial score (nSPS) is 18.0. The zero-order valence-electron chi connectivity index (χ0n) is 13.2. The largest absolute Gasteiger partial charge is 0.380 e. The second-order valence-electron chi connectivity index (χ2n) is 6.27. The van der Waals surface area contributed by atoms with Crippen molar-refractivity contribution in [3.8, 4) is 0 Å². The fourth-order valence-electron chi connectivity index (χ4n) is 3.20. The van der Waals surface area contributed by atoms with Gasteiger partial charge in [-0.25, -0.2) is 4.68 Å². The smallest absolute Gasteiger partial charge is 0.283 e. The minimum absolute atomic E-state index is 0.0616. The summed E-state index contributed by atoms with van der Waals surface area (Å²) >= 11 is 3.45. The maximum atomic E-state index is 12.3. The van der Waals surface area contributed by atoms with Crippen molar-refractivity contribution in [3.05, 3.63) is 21.0 Å². The van der Waals surface area contributed by atoms with Crippen LogP contribution in [0.25, 0.3) is 0 Å². The third kappa shape index (κ3) is 3.87. The van der Waals surface area contributed by atoms with Gasteiger partial charge in [-0.2, -0.15) is 5.10 Å². The Hall–Kier alpha value is -0.840. The molecule has 118 valence electrons. The monoisotopic (exact) mass is 355 g/mol. The lowest BCUT2D eigenvalue weighted by atomic mass is 9.83. The molecular formula is C16H26BrN3O. The fraction of sp³-hybridized carbons (Fsp3) is 0.750. The minimum atomic E-state index is -0.0616. The average molecular weight is 356 g/mol. The zero-order valence-corrected chi connectivity index (χ0v) is 14.8. The van der Waals surface area contributed by atoms with Crippen LogP contribution in [0.2, 0.25) is 0 Å². The molecule has 1 saturated carbocycles. The first kappa shape index (κ1) is 16.5. The van der Waals surface area contributed by atoms with Crippen molar-refractivity contribution in [2.24, 2.45) is 5.92 Å². The topological polar surface area (TPSA) is 46.9 Å². The molecule has 1 fully saturated rings. The van der Waals surface area contributed by atoms with Crippen molar-refractivity contribution in [3.63, 3.8) is 0 Å².